The van der Waals surface area contributed by atoms with Gasteiger partial charge in [-0.15, -0.1) is 0 Å². The average Bonchev–Trinajstić information content (AvgIpc) is 3.71. The number of aromatic hydroxyl groups is 1. The van der Waals surface area contributed by atoms with Gasteiger partial charge in [0.2, 0.25) is 0 Å². The number of carbonyl (C=O) groups is 2. The Labute approximate surface area is 413 Å². The zero-order valence-electron chi connectivity index (χ0n) is 42.9. The molecule has 8 fully saturated rings. The summed E-state index contributed by atoms with van der Waals surface area (Å²) in [7, 11) is 1.93. The van der Waals surface area contributed by atoms with Crippen LogP contribution in [0.2, 0.25) is 0 Å². The van der Waals surface area contributed by atoms with Crippen LogP contribution in [0, 0.1) is 57.2 Å². The fraction of sp³-hybridized carbons (Fsp3) is 0.733. The Morgan fingerprint density at radius 2 is 1.67 bits per heavy atom. The molecule has 0 radical (unpaired) electrons. The van der Waals surface area contributed by atoms with E-state index in [9.17, 15) is 15.3 Å². The Bertz CT molecular complexity index is 2370. The predicted molar refractivity (Wildman–Crippen MR) is 271 cm³/mol. The lowest BCUT2D eigenvalue weighted by Gasteiger charge is -2.75. The SMILES string of the molecule is CNCc1cc(O)cc(C2CC3(C4CCCC4)C4C(CC56CCCC7C(=O)C(C(C)CC(O)C8OC8(C)C8CCCC8c8cccc(N)c8)=C(CCC35)C76C)NCC(C)(O)CCCCC4(C)C2=O)c1. The van der Waals surface area contributed by atoms with Crippen LogP contribution in [-0.2, 0) is 20.9 Å². The Kier molecular flexibility index (Phi) is 12.1. The van der Waals surface area contributed by atoms with Gasteiger partial charge in [0.1, 0.15) is 17.6 Å². The van der Waals surface area contributed by atoms with E-state index in [1.54, 1.807) is 0 Å². The van der Waals surface area contributed by atoms with Crippen LogP contribution in [0.3, 0.4) is 0 Å². The summed E-state index contributed by atoms with van der Waals surface area (Å²) >= 11 is 0. The van der Waals surface area contributed by atoms with E-state index < -0.39 is 22.7 Å². The largest absolute Gasteiger partial charge is 0.508 e. The highest BCUT2D eigenvalue weighted by Gasteiger charge is 2.77. The van der Waals surface area contributed by atoms with Gasteiger partial charge in [0, 0.05) is 47.5 Å². The smallest absolute Gasteiger partial charge is 0.163 e. The predicted octanol–water partition coefficient (Wildman–Crippen LogP) is 10.4. The summed E-state index contributed by atoms with van der Waals surface area (Å²) in [6, 6.07) is 14.3. The standard InChI is InChI=1S/C60H85N3O6/c1-35(26-48(65)54-58(5,69-54)44-19-12-18-42(44)37-14-11-17-40(61)29-37)50-45-21-22-49-59(25-13-20-46(51(50)66)57(45,59)4)32-47-52-56(3,24-10-9-23-55(2,68)34-63-47)53(67)43(31-60(49,52)39-15-7-8-16-39)38-27-36(33-62-6)28-41(64)30-38/h11,14,17,27-30,35,39,42-44,46-49,52,54,62-65,68H,7-10,12-13,15-16,18-26,31-34,61H2,1-6H3. The molecule has 2 saturated heterocycles. The summed E-state index contributed by atoms with van der Waals surface area (Å²) in [5.41, 5.74) is 10.1. The number of epoxide rings is 1. The number of phenols is 1. The molecule has 69 heavy (non-hydrogen) atoms. The quantitative estimate of drug-likeness (QED) is 0.101. The van der Waals surface area contributed by atoms with E-state index in [0.29, 0.717) is 61.2 Å². The third-order valence-corrected chi connectivity index (χ3v) is 22.3. The van der Waals surface area contributed by atoms with Crippen molar-refractivity contribution in [2.24, 2.45) is 57.2 Å². The summed E-state index contributed by atoms with van der Waals surface area (Å²) in [4.78, 5) is 31.5. The van der Waals surface area contributed by atoms with Gasteiger partial charge in [-0.05, 0) is 197 Å². The lowest BCUT2D eigenvalue weighted by atomic mass is 9.29. The Balaban J connectivity index is 0.990. The van der Waals surface area contributed by atoms with Crippen molar-refractivity contribution >= 4 is 17.3 Å². The minimum Gasteiger partial charge on any atom is -0.508 e. The van der Waals surface area contributed by atoms with Gasteiger partial charge in [-0.2, -0.15) is 0 Å². The summed E-state index contributed by atoms with van der Waals surface area (Å²) in [6.07, 6.45) is 17.5. The molecule has 2 heterocycles. The van der Waals surface area contributed by atoms with Crippen molar-refractivity contribution in [3.63, 3.8) is 0 Å². The first kappa shape index (κ1) is 48.2. The monoisotopic (exact) mass is 944 g/mol. The number of phenolic OH excluding ortho intramolecular Hbond substituents is 1. The maximum atomic E-state index is 15.9. The molecule has 16 atom stereocenters. The number of fused-ring (bicyclic) bond motifs is 1. The minimum absolute atomic E-state index is 0.00936. The second-order valence-electron chi connectivity index (χ2n) is 25.9. The fourth-order valence-electron chi connectivity index (χ4n) is 19.7. The van der Waals surface area contributed by atoms with Gasteiger partial charge in [0.15, 0.2) is 5.78 Å². The molecule has 11 rings (SSSR count). The first-order valence-corrected chi connectivity index (χ1v) is 27.9. The van der Waals surface area contributed by atoms with Crippen molar-refractivity contribution in [1.29, 1.82) is 0 Å². The van der Waals surface area contributed by atoms with Gasteiger partial charge >= 0.3 is 0 Å². The number of Topliss-reactive ketones (excluding diaryl/α,β-unsaturated/α-hetero) is 2. The van der Waals surface area contributed by atoms with E-state index in [1.807, 2.05) is 32.2 Å². The lowest BCUT2D eigenvalue weighted by Crippen LogP contribution is -2.74. The number of aliphatic hydroxyl groups excluding tert-OH is 1. The zero-order valence-corrected chi connectivity index (χ0v) is 42.9. The van der Waals surface area contributed by atoms with Crippen molar-refractivity contribution in [3.05, 3.63) is 70.3 Å². The number of anilines is 1. The van der Waals surface area contributed by atoms with Gasteiger partial charge in [-0.25, -0.2) is 0 Å². The normalized spacial score (nSPS) is 44.1. The summed E-state index contributed by atoms with van der Waals surface area (Å²) in [5, 5.41) is 42.9. The highest BCUT2D eigenvalue weighted by atomic mass is 16.6. The molecular weight excluding hydrogens is 859 g/mol. The first-order valence-electron chi connectivity index (χ1n) is 27.9. The number of carbonyl (C=O) groups excluding carboxylic acids is 2. The summed E-state index contributed by atoms with van der Waals surface area (Å²) in [6.45, 7) is 12.4. The Morgan fingerprint density at radius 3 is 2.43 bits per heavy atom. The molecule has 16 unspecified atom stereocenters. The maximum absolute atomic E-state index is 15.9. The molecule has 7 N–H and O–H groups in total. The van der Waals surface area contributed by atoms with Gasteiger partial charge < -0.3 is 36.4 Å². The average molecular weight is 944 g/mol. The van der Waals surface area contributed by atoms with Gasteiger partial charge in [0.05, 0.1) is 17.3 Å². The molecule has 0 amide bonds. The number of rotatable bonds is 10. The summed E-state index contributed by atoms with van der Waals surface area (Å²) < 4.78 is 6.62. The first-order chi connectivity index (χ1) is 32.9. The number of hydrogen-bond donors (Lipinski definition) is 6. The second-order valence-corrected chi connectivity index (χ2v) is 25.9. The van der Waals surface area contributed by atoms with E-state index >= 15 is 9.59 Å². The van der Waals surface area contributed by atoms with E-state index in [0.717, 1.165) is 106 Å². The number of β-amino-alcohol motifs (C(OH)–C–C–N with tert-alkyl or cyclic N) is 1. The summed E-state index contributed by atoms with van der Waals surface area (Å²) in [5.74, 6) is 1.92. The molecule has 376 valence electrons. The number of nitrogens with one attached hydrogen (secondary N) is 2. The third-order valence-electron chi connectivity index (χ3n) is 22.3. The van der Waals surface area contributed by atoms with Crippen LogP contribution in [0.25, 0.3) is 0 Å². The maximum Gasteiger partial charge on any atom is 0.163 e. The molecule has 0 aromatic heterocycles. The molecule has 2 aromatic carbocycles. The number of nitrogens with two attached hydrogens (primary N) is 1. The molecule has 9 heteroatoms. The number of benzene rings is 2. The van der Waals surface area contributed by atoms with Crippen LogP contribution in [0.15, 0.2) is 53.6 Å². The Morgan fingerprint density at radius 1 is 0.884 bits per heavy atom. The number of ether oxygens (including phenoxy) is 1. The molecule has 2 aromatic rings. The van der Waals surface area contributed by atoms with Crippen LogP contribution in [0.5, 0.6) is 5.75 Å². The highest BCUT2D eigenvalue weighted by molar-refractivity contribution is 6.03. The van der Waals surface area contributed by atoms with E-state index in [-0.39, 0.29) is 57.8 Å². The zero-order chi connectivity index (χ0) is 48.5. The lowest BCUT2D eigenvalue weighted by molar-refractivity contribution is -0.241. The van der Waals surface area contributed by atoms with Crippen LogP contribution < -0.4 is 16.4 Å². The number of aliphatic hydroxyl groups is 2. The fourth-order valence-corrected chi connectivity index (χ4v) is 19.7. The van der Waals surface area contributed by atoms with E-state index in [1.165, 1.54) is 36.8 Å². The molecular formula is C60H85N3O6. The van der Waals surface area contributed by atoms with Crippen LogP contribution >= 0.6 is 0 Å². The topological polar surface area (TPSA) is 157 Å². The van der Waals surface area contributed by atoms with Crippen molar-refractivity contribution in [2.75, 3.05) is 19.3 Å². The molecule has 2 aliphatic heterocycles. The number of allylic oxidation sites excluding steroid dienone is 2. The molecule has 1 spiro atoms. The van der Waals surface area contributed by atoms with Crippen LogP contribution in [-0.4, -0.2) is 69.9 Å². The second kappa shape index (κ2) is 17.3. The Hall–Kier alpha value is -3.08. The van der Waals surface area contributed by atoms with Crippen molar-refractivity contribution in [3.8, 4) is 5.75 Å². The molecule has 9 nitrogen and oxygen atoms in total. The minimum atomic E-state index is -0.857. The molecule has 6 saturated carbocycles. The van der Waals surface area contributed by atoms with Gasteiger partial charge in [-0.3, -0.25) is 9.59 Å². The number of nitrogen functional groups attached to an aromatic ring is 1. The van der Waals surface area contributed by atoms with Crippen LogP contribution in [0.4, 0.5) is 5.69 Å². The van der Waals surface area contributed by atoms with Crippen molar-refractivity contribution < 1.29 is 29.6 Å². The number of hydrogen-bond acceptors (Lipinski definition) is 9. The van der Waals surface area contributed by atoms with Crippen molar-refractivity contribution in [1.82, 2.24) is 10.6 Å². The van der Waals surface area contributed by atoms with Gasteiger partial charge in [0.25, 0.3) is 0 Å². The molecule has 9 aliphatic rings. The van der Waals surface area contributed by atoms with E-state index in [4.69, 9.17) is 10.5 Å². The van der Waals surface area contributed by atoms with E-state index in [2.05, 4.69) is 62.6 Å². The van der Waals surface area contributed by atoms with Crippen LogP contribution in [0.1, 0.15) is 185 Å². The molecule has 7 aliphatic carbocycles. The highest BCUT2D eigenvalue weighted by Crippen LogP contribution is 2.81. The number of ketones is 2. The van der Waals surface area contributed by atoms with Gasteiger partial charge in [-0.1, -0.05) is 83.1 Å². The third kappa shape index (κ3) is 7.28. The molecule has 0 bridgehead atoms. The van der Waals surface area contributed by atoms with Crippen molar-refractivity contribution in [2.45, 2.75) is 204 Å².